The maximum absolute atomic E-state index is 12.0. The minimum Gasteiger partial charge on any atom is -0.477 e. The Kier molecular flexibility index (Phi) is 6.29. The molecule has 2 aromatic heterocycles. The van der Waals surface area contributed by atoms with Gasteiger partial charge in [-0.1, -0.05) is 53.2 Å². The van der Waals surface area contributed by atoms with Gasteiger partial charge in [0.25, 0.3) is 0 Å². The van der Waals surface area contributed by atoms with Crippen LogP contribution in [0.2, 0.25) is 0 Å². The van der Waals surface area contributed by atoms with Crippen molar-refractivity contribution in [2.24, 2.45) is 0 Å². The third kappa shape index (κ3) is 4.60. The number of carbonyl (C=O) groups is 1. The molecule has 158 valence electrons. The molecular formula is C23H21BrN4O2S. The van der Waals surface area contributed by atoms with E-state index < -0.39 is 5.97 Å². The predicted octanol–water partition coefficient (Wildman–Crippen LogP) is 5.66. The molecule has 0 unspecified atom stereocenters. The van der Waals surface area contributed by atoms with Crippen LogP contribution in [0.15, 0.2) is 63.1 Å². The second kappa shape index (κ2) is 9.11. The number of hydrogen-bond acceptors (Lipinski definition) is 4. The number of para-hydroxylation sites is 1. The lowest BCUT2D eigenvalue weighted by Crippen LogP contribution is -2.02. The summed E-state index contributed by atoms with van der Waals surface area (Å²) in [6, 6.07) is 16.3. The number of fused-ring (bicyclic) bond motifs is 1. The van der Waals surface area contributed by atoms with Gasteiger partial charge >= 0.3 is 5.97 Å². The van der Waals surface area contributed by atoms with E-state index in [9.17, 15) is 9.90 Å². The number of benzene rings is 2. The van der Waals surface area contributed by atoms with Crippen molar-refractivity contribution in [3.63, 3.8) is 0 Å². The molecule has 0 aliphatic carbocycles. The smallest absolute Gasteiger partial charge is 0.342 e. The number of carboxylic acids is 1. The van der Waals surface area contributed by atoms with Gasteiger partial charge in [-0.05, 0) is 48.5 Å². The number of aliphatic carboxylic acids is 1. The van der Waals surface area contributed by atoms with Crippen LogP contribution in [0.5, 0.6) is 0 Å². The number of H-pyrrole nitrogens is 1. The molecule has 6 nitrogen and oxygen atoms in total. The van der Waals surface area contributed by atoms with Crippen LogP contribution in [-0.2, 0) is 17.8 Å². The highest BCUT2D eigenvalue weighted by molar-refractivity contribution is 9.10. The van der Waals surface area contributed by atoms with Crippen molar-refractivity contribution in [1.82, 2.24) is 19.7 Å². The number of nitrogens with zero attached hydrogens (tertiary/aromatic N) is 3. The van der Waals surface area contributed by atoms with Gasteiger partial charge in [0.05, 0.1) is 0 Å². The summed E-state index contributed by atoms with van der Waals surface area (Å²) in [7, 11) is 0. The molecule has 0 saturated carbocycles. The molecule has 0 aliphatic heterocycles. The highest BCUT2D eigenvalue weighted by Gasteiger charge is 2.18. The number of carboxylic acid groups (broad SMARTS) is 1. The van der Waals surface area contributed by atoms with E-state index in [0.717, 1.165) is 44.2 Å². The molecule has 0 bridgehead atoms. The highest BCUT2D eigenvalue weighted by atomic mass is 79.9. The van der Waals surface area contributed by atoms with Gasteiger partial charge < -0.3 is 9.67 Å². The van der Waals surface area contributed by atoms with Crippen LogP contribution in [0.25, 0.3) is 17.0 Å². The zero-order valence-corrected chi connectivity index (χ0v) is 19.5. The van der Waals surface area contributed by atoms with Gasteiger partial charge in [-0.2, -0.15) is 0 Å². The lowest BCUT2D eigenvalue weighted by molar-refractivity contribution is -0.131. The van der Waals surface area contributed by atoms with E-state index in [1.807, 2.05) is 44.2 Å². The van der Waals surface area contributed by atoms with E-state index >= 15 is 0 Å². The monoisotopic (exact) mass is 496 g/mol. The Morgan fingerprint density at radius 1 is 1.23 bits per heavy atom. The van der Waals surface area contributed by atoms with Crippen LogP contribution in [0, 0.1) is 6.92 Å². The largest absolute Gasteiger partial charge is 0.477 e. The average Bonchev–Trinajstić information content (AvgIpc) is 3.33. The van der Waals surface area contributed by atoms with Crippen molar-refractivity contribution in [3.8, 4) is 0 Å². The van der Waals surface area contributed by atoms with Crippen LogP contribution in [0.4, 0.5) is 0 Å². The van der Waals surface area contributed by atoms with Crippen molar-refractivity contribution in [2.45, 2.75) is 32.0 Å². The van der Waals surface area contributed by atoms with E-state index in [0.29, 0.717) is 18.1 Å². The fourth-order valence-corrected chi connectivity index (χ4v) is 4.43. The Hall–Kier alpha value is -2.84. The zero-order chi connectivity index (χ0) is 22.0. The molecule has 0 fully saturated rings. The zero-order valence-electron chi connectivity index (χ0n) is 17.1. The molecule has 4 rings (SSSR count). The van der Waals surface area contributed by atoms with Crippen LogP contribution < -0.4 is 0 Å². The third-order valence-electron chi connectivity index (χ3n) is 5.07. The van der Waals surface area contributed by atoms with E-state index in [2.05, 4.69) is 53.9 Å². The number of hydrogen-bond donors (Lipinski definition) is 2. The molecule has 8 heteroatoms. The molecular weight excluding hydrogens is 476 g/mol. The van der Waals surface area contributed by atoms with Crippen LogP contribution in [0.1, 0.15) is 29.6 Å². The van der Waals surface area contributed by atoms with Gasteiger partial charge in [-0.25, -0.2) is 9.78 Å². The summed E-state index contributed by atoms with van der Waals surface area (Å²) in [4.78, 5) is 16.5. The molecule has 0 radical (unpaired) electrons. The first-order valence-corrected chi connectivity index (χ1v) is 11.4. The van der Waals surface area contributed by atoms with E-state index in [4.69, 9.17) is 0 Å². The summed E-state index contributed by atoms with van der Waals surface area (Å²) in [5, 5.41) is 18.2. The van der Waals surface area contributed by atoms with Crippen molar-refractivity contribution in [2.75, 3.05) is 0 Å². The summed E-state index contributed by atoms with van der Waals surface area (Å²) >= 11 is 4.53. The number of thioether (sulfide) groups is 1. The first-order chi connectivity index (χ1) is 15.0. The van der Waals surface area contributed by atoms with Crippen molar-refractivity contribution >= 4 is 50.6 Å². The molecule has 0 saturated heterocycles. The quantitative estimate of drug-likeness (QED) is 0.254. The van der Waals surface area contributed by atoms with Gasteiger partial charge in [-0.3, -0.25) is 5.10 Å². The van der Waals surface area contributed by atoms with Crippen LogP contribution >= 0.6 is 27.7 Å². The SMILES string of the molecule is CCc1nc(S/C(=C\c2c(C)n(Cc3ccc(Br)cc3)c3ccccc23)C(=O)O)n[nH]1. The first kappa shape index (κ1) is 21.4. The number of halogens is 1. The predicted molar refractivity (Wildman–Crippen MR) is 127 cm³/mol. The van der Waals surface area contributed by atoms with Gasteiger partial charge in [-0.15, -0.1) is 5.10 Å². The molecule has 0 atom stereocenters. The summed E-state index contributed by atoms with van der Waals surface area (Å²) < 4.78 is 3.26. The molecule has 2 heterocycles. The van der Waals surface area contributed by atoms with Crippen LogP contribution in [-0.4, -0.2) is 30.8 Å². The first-order valence-electron chi connectivity index (χ1n) is 9.82. The Morgan fingerprint density at radius 2 is 1.97 bits per heavy atom. The maximum atomic E-state index is 12.0. The Bertz CT molecular complexity index is 1270. The summed E-state index contributed by atoms with van der Waals surface area (Å²) in [6.07, 6.45) is 2.44. The van der Waals surface area contributed by atoms with Crippen molar-refractivity contribution in [1.29, 1.82) is 0 Å². The Balaban J connectivity index is 1.77. The second-order valence-corrected chi connectivity index (χ2v) is 8.99. The number of aryl methyl sites for hydroxylation is 1. The fourth-order valence-electron chi connectivity index (χ4n) is 3.46. The lowest BCUT2D eigenvalue weighted by Gasteiger charge is -2.09. The van der Waals surface area contributed by atoms with E-state index in [-0.39, 0.29) is 4.91 Å². The molecule has 0 amide bonds. The van der Waals surface area contributed by atoms with E-state index in [1.165, 1.54) is 5.56 Å². The highest BCUT2D eigenvalue weighted by Crippen LogP contribution is 2.32. The number of aromatic nitrogens is 4. The maximum Gasteiger partial charge on any atom is 0.342 e. The summed E-state index contributed by atoms with van der Waals surface area (Å²) in [5.41, 5.74) is 4.13. The van der Waals surface area contributed by atoms with Gasteiger partial charge in [0, 0.05) is 39.6 Å². The third-order valence-corrected chi connectivity index (χ3v) is 6.47. The van der Waals surface area contributed by atoms with E-state index in [1.54, 1.807) is 6.08 Å². The van der Waals surface area contributed by atoms with Gasteiger partial charge in [0.2, 0.25) is 5.16 Å². The standard InChI is InChI=1S/C23H21BrN4O2S/c1-3-21-25-23(27-26-21)31-20(22(29)30)12-18-14(2)28(19-7-5-4-6-17(18)19)13-15-8-10-16(24)11-9-15/h4-12H,3,13H2,1-2H3,(H,29,30)(H,25,26,27)/b20-12-. The van der Waals surface area contributed by atoms with Gasteiger partial charge in [0.1, 0.15) is 10.7 Å². The average molecular weight is 497 g/mol. The van der Waals surface area contributed by atoms with Crippen LogP contribution in [0.3, 0.4) is 0 Å². The molecule has 31 heavy (non-hydrogen) atoms. The van der Waals surface area contributed by atoms with Crippen molar-refractivity contribution in [3.05, 3.63) is 80.6 Å². The van der Waals surface area contributed by atoms with Crippen molar-refractivity contribution < 1.29 is 9.90 Å². The lowest BCUT2D eigenvalue weighted by atomic mass is 10.1. The fraction of sp³-hybridized carbons (Fsp3) is 0.174. The molecule has 0 aliphatic rings. The number of rotatable bonds is 7. The Labute approximate surface area is 192 Å². The molecule has 4 aromatic rings. The summed E-state index contributed by atoms with van der Waals surface area (Å²) in [5.74, 6) is -0.272. The minimum atomic E-state index is -1.00. The molecule has 0 spiro atoms. The Morgan fingerprint density at radius 3 is 2.65 bits per heavy atom. The summed E-state index contributed by atoms with van der Waals surface area (Å²) in [6.45, 7) is 4.69. The minimum absolute atomic E-state index is 0.177. The normalized spacial score (nSPS) is 11.9. The molecule has 2 aromatic carbocycles. The molecule has 2 N–H and O–H groups in total. The van der Waals surface area contributed by atoms with Gasteiger partial charge in [0.15, 0.2) is 0 Å². The topological polar surface area (TPSA) is 83.8 Å². The number of aromatic amines is 1. The second-order valence-electron chi connectivity index (χ2n) is 7.06. The number of nitrogens with one attached hydrogen (secondary N) is 1.